The summed E-state index contributed by atoms with van der Waals surface area (Å²) in [6.07, 6.45) is 1.60. The first-order valence-electron chi connectivity index (χ1n) is 5.82. The van der Waals surface area contributed by atoms with Gasteiger partial charge in [0.2, 0.25) is 0 Å². The van der Waals surface area contributed by atoms with Gasteiger partial charge in [-0.05, 0) is 6.07 Å². The van der Waals surface area contributed by atoms with E-state index in [1.54, 1.807) is 39.7 Å². The SMILES string of the molecule is COc1cc(OC)c(-c2ccoc2CN)c(OC)c1. The molecule has 1 aromatic carbocycles. The van der Waals surface area contributed by atoms with E-state index in [4.69, 9.17) is 24.4 Å². The van der Waals surface area contributed by atoms with E-state index in [9.17, 15) is 0 Å². The van der Waals surface area contributed by atoms with Crippen LogP contribution in [0, 0.1) is 0 Å². The Kier molecular flexibility index (Phi) is 3.97. The lowest BCUT2D eigenvalue weighted by Crippen LogP contribution is -1.99. The molecule has 5 nitrogen and oxygen atoms in total. The van der Waals surface area contributed by atoms with E-state index in [0.29, 0.717) is 29.6 Å². The summed E-state index contributed by atoms with van der Waals surface area (Å²) in [5.41, 5.74) is 7.34. The van der Waals surface area contributed by atoms with Crippen molar-refractivity contribution < 1.29 is 18.6 Å². The largest absolute Gasteiger partial charge is 0.496 e. The monoisotopic (exact) mass is 263 g/mol. The zero-order valence-corrected chi connectivity index (χ0v) is 11.2. The number of benzene rings is 1. The van der Waals surface area contributed by atoms with Crippen molar-refractivity contribution in [3.63, 3.8) is 0 Å². The van der Waals surface area contributed by atoms with Crippen LogP contribution < -0.4 is 19.9 Å². The molecule has 0 fully saturated rings. The number of hydrogen-bond acceptors (Lipinski definition) is 5. The Bertz CT molecular complexity index is 537. The number of methoxy groups -OCH3 is 3. The first-order valence-corrected chi connectivity index (χ1v) is 5.82. The molecular weight excluding hydrogens is 246 g/mol. The van der Waals surface area contributed by atoms with Crippen molar-refractivity contribution in [2.45, 2.75) is 6.54 Å². The second-order valence-corrected chi connectivity index (χ2v) is 3.87. The zero-order valence-electron chi connectivity index (χ0n) is 11.2. The van der Waals surface area contributed by atoms with Crippen LogP contribution in [-0.4, -0.2) is 21.3 Å². The van der Waals surface area contributed by atoms with Crippen LogP contribution >= 0.6 is 0 Å². The topological polar surface area (TPSA) is 66.9 Å². The molecule has 0 aliphatic heterocycles. The molecular formula is C14H17NO4. The molecule has 0 aliphatic carbocycles. The van der Waals surface area contributed by atoms with Gasteiger partial charge in [-0.15, -0.1) is 0 Å². The van der Waals surface area contributed by atoms with Crippen LogP contribution in [0.1, 0.15) is 5.76 Å². The number of rotatable bonds is 5. The van der Waals surface area contributed by atoms with Gasteiger partial charge in [0.05, 0.1) is 39.7 Å². The van der Waals surface area contributed by atoms with Crippen molar-refractivity contribution in [3.05, 3.63) is 30.2 Å². The van der Waals surface area contributed by atoms with E-state index in [0.717, 1.165) is 11.1 Å². The molecule has 19 heavy (non-hydrogen) atoms. The van der Waals surface area contributed by atoms with E-state index in [1.165, 1.54) is 0 Å². The zero-order chi connectivity index (χ0) is 13.8. The van der Waals surface area contributed by atoms with Gasteiger partial charge in [0.25, 0.3) is 0 Å². The minimum atomic E-state index is 0.306. The summed E-state index contributed by atoms with van der Waals surface area (Å²) < 4.78 is 21.4. The Hall–Kier alpha value is -2.14. The molecule has 2 rings (SSSR count). The third-order valence-electron chi connectivity index (χ3n) is 2.92. The molecule has 0 spiro atoms. The first-order chi connectivity index (χ1) is 9.24. The fraction of sp³-hybridized carbons (Fsp3) is 0.286. The van der Waals surface area contributed by atoms with Gasteiger partial charge in [0, 0.05) is 17.7 Å². The van der Waals surface area contributed by atoms with Gasteiger partial charge >= 0.3 is 0 Å². The lowest BCUT2D eigenvalue weighted by molar-refractivity contribution is 0.377. The quantitative estimate of drug-likeness (QED) is 0.897. The van der Waals surface area contributed by atoms with Crippen LogP contribution in [0.3, 0.4) is 0 Å². The lowest BCUT2D eigenvalue weighted by atomic mass is 10.0. The minimum absolute atomic E-state index is 0.306. The molecule has 1 heterocycles. The summed E-state index contributed by atoms with van der Waals surface area (Å²) >= 11 is 0. The molecule has 1 aromatic heterocycles. The Labute approximate surface area is 111 Å². The van der Waals surface area contributed by atoms with E-state index >= 15 is 0 Å². The van der Waals surface area contributed by atoms with Crippen LogP contribution in [-0.2, 0) is 6.54 Å². The molecule has 5 heteroatoms. The maximum atomic E-state index is 5.67. The highest BCUT2D eigenvalue weighted by molar-refractivity contribution is 5.79. The Morgan fingerprint density at radius 1 is 1.05 bits per heavy atom. The Balaban J connectivity index is 2.67. The van der Waals surface area contributed by atoms with Crippen LogP contribution in [0.4, 0.5) is 0 Å². The molecule has 2 N–H and O–H groups in total. The highest BCUT2D eigenvalue weighted by Gasteiger charge is 2.19. The average Bonchev–Trinajstić information content (AvgIpc) is 2.93. The molecule has 0 unspecified atom stereocenters. The molecule has 0 aliphatic rings. The van der Waals surface area contributed by atoms with Crippen molar-refractivity contribution in [2.24, 2.45) is 5.73 Å². The van der Waals surface area contributed by atoms with Gasteiger partial charge in [-0.3, -0.25) is 0 Å². The van der Waals surface area contributed by atoms with Crippen molar-refractivity contribution in [2.75, 3.05) is 21.3 Å². The van der Waals surface area contributed by atoms with Crippen LogP contribution in [0.25, 0.3) is 11.1 Å². The third kappa shape index (κ3) is 2.37. The summed E-state index contributed by atoms with van der Waals surface area (Å²) in [7, 11) is 4.79. The van der Waals surface area contributed by atoms with Crippen molar-refractivity contribution in [1.82, 2.24) is 0 Å². The van der Waals surface area contributed by atoms with Crippen LogP contribution in [0.5, 0.6) is 17.2 Å². The smallest absolute Gasteiger partial charge is 0.134 e. The summed E-state index contributed by atoms with van der Waals surface area (Å²) in [5.74, 6) is 2.64. The van der Waals surface area contributed by atoms with Crippen molar-refractivity contribution in [1.29, 1.82) is 0 Å². The molecule has 102 valence electrons. The molecule has 0 amide bonds. The first kappa shape index (κ1) is 13.3. The van der Waals surface area contributed by atoms with Crippen molar-refractivity contribution >= 4 is 0 Å². The maximum Gasteiger partial charge on any atom is 0.134 e. The molecule has 2 aromatic rings. The summed E-state index contributed by atoms with van der Waals surface area (Å²) in [6, 6.07) is 5.44. The molecule has 0 radical (unpaired) electrons. The van der Waals surface area contributed by atoms with Gasteiger partial charge in [-0.1, -0.05) is 0 Å². The molecule has 0 atom stereocenters. The summed E-state index contributed by atoms with van der Waals surface area (Å²) in [5, 5.41) is 0. The second-order valence-electron chi connectivity index (χ2n) is 3.87. The Morgan fingerprint density at radius 3 is 2.16 bits per heavy atom. The second kappa shape index (κ2) is 5.67. The van der Waals surface area contributed by atoms with Crippen LogP contribution in [0.2, 0.25) is 0 Å². The van der Waals surface area contributed by atoms with Gasteiger partial charge in [0.15, 0.2) is 0 Å². The maximum absolute atomic E-state index is 5.67. The van der Waals surface area contributed by atoms with Crippen molar-refractivity contribution in [3.8, 4) is 28.4 Å². The fourth-order valence-corrected chi connectivity index (χ4v) is 1.99. The molecule has 0 bridgehead atoms. The van der Waals surface area contributed by atoms with E-state index in [-0.39, 0.29) is 0 Å². The molecule has 0 saturated carbocycles. The van der Waals surface area contributed by atoms with E-state index in [1.807, 2.05) is 6.07 Å². The highest BCUT2D eigenvalue weighted by atomic mass is 16.5. The minimum Gasteiger partial charge on any atom is -0.496 e. The number of hydrogen-bond donors (Lipinski definition) is 1. The lowest BCUT2D eigenvalue weighted by Gasteiger charge is -2.14. The standard InChI is InChI=1S/C14H17NO4/c1-16-9-6-11(17-2)14(12(7-9)18-3)10-4-5-19-13(10)8-15/h4-7H,8,15H2,1-3H3. The molecule has 0 saturated heterocycles. The Morgan fingerprint density at radius 2 is 1.68 bits per heavy atom. The summed E-state index contributed by atoms with van der Waals surface area (Å²) in [4.78, 5) is 0. The van der Waals surface area contributed by atoms with Gasteiger partial charge < -0.3 is 24.4 Å². The van der Waals surface area contributed by atoms with Gasteiger partial charge in [-0.25, -0.2) is 0 Å². The predicted molar refractivity (Wildman–Crippen MR) is 71.7 cm³/mol. The number of ether oxygens (including phenoxy) is 3. The number of nitrogens with two attached hydrogens (primary N) is 1. The average molecular weight is 263 g/mol. The van der Waals surface area contributed by atoms with Gasteiger partial charge in [0.1, 0.15) is 23.0 Å². The normalized spacial score (nSPS) is 10.3. The van der Waals surface area contributed by atoms with Gasteiger partial charge in [-0.2, -0.15) is 0 Å². The predicted octanol–water partition coefficient (Wildman–Crippen LogP) is 2.43. The number of furan rings is 1. The van der Waals surface area contributed by atoms with E-state index in [2.05, 4.69) is 0 Å². The highest BCUT2D eigenvalue weighted by Crippen LogP contribution is 2.43. The van der Waals surface area contributed by atoms with E-state index < -0.39 is 0 Å². The summed E-state index contributed by atoms with van der Waals surface area (Å²) in [6.45, 7) is 0.306. The van der Waals surface area contributed by atoms with Crippen LogP contribution in [0.15, 0.2) is 28.9 Å². The fourth-order valence-electron chi connectivity index (χ4n) is 1.99. The third-order valence-corrected chi connectivity index (χ3v) is 2.92.